The molecule has 1 spiro atoms. The van der Waals surface area contributed by atoms with Crippen LogP contribution in [0.5, 0.6) is 5.75 Å². The third-order valence-corrected chi connectivity index (χ3v) is 6.24. The first-order valence-electron chi connectivity index (χ1n) is 10.2. The van der Waals surface area contributed by atoms with Crippen molar-refractivity contribution >= 4 is 5.91 Å². The Labute approximate surface area is 175 Å². The van der Waals surface area contributed by atoms with Gasteiger partial charge in [0.25, 0.3) is 5.91 Å². The molecule has 0 radical (unpaired) electrons. The van der Waals surface area contributed by atoms with E-state index in [2.05, 4.69) is 22.3 Å². The zero-order valence-corrected chi connectivity index (χ0v) is 17.0. The van der Waals surface area contributed by atoms with Crippen LogP contribution in [0.1, 0.15) is 34.3 Å². The van der Waals surface area contributed by atoms with Crippen LogP contribution in [0, 0.1) is 0 Å². The zero-order valence-electron chi connectivity index (χ0n) is 17.0. The van der Waals surface area contributed by atoms with E-state index in [1.165, 1.54) is 11.1 Å². The van der Waals surface area contributed by atoms with Gasteiger partial charge in [0.2, 0.25) is 0 Å². The summed E-state index contributed by atoms with van der Waals surface area (Å²) in [6.07, 6.45) is 5.68. The third-order valence-electron chi connectivity index (χ3n) is 6.24. The smallest absolute Gasteiger partial charge is 0.255 e. The lowest BCUT2D eigenvalue weighted by molar-refractivity contribution is -0.0935. The summed E-state index contributed by atoms with van der Waals surface area (Å²) in [5.41, 5.74) is 3.66. The molecule has 3 heterocycles. The normalized spacial score (nSPS) is 17.6. The number of carbonyl (C=O) groups is 1. The predicted octanol–water partition coefficient (Wildman–Crippen LogP) is 2.98. The topological polar surface area (TPSA) is 69.5 Å². The van der Waals surface area contributed by atoms with Crippen molar-refractivity contribution in [2.75, 3.05) is 26.8 Å². The summed E-state index contributed by atoms with van der Waals surface area (Å²) in [4.78, 5) is 15.3. The molecule has 2 aromatic carbocycles. The minimum absolute atomic E-state index is 0.0277. The van der Waals surface area contributed by atoms with E-state index in [1.54, 1.807) is 24.3 Å². The largest absolute Gasteiger partial charge is 0.497 e. The van der Waals surface area contributed by atoms with Crippen molar-refractivity contribution in [2.45, 2.75) is 24.9 Å². The van der Waals surface area contributed by atoms with E-state index >= 15 is 0 Å². The fourth-order valence-electron chi connectivity index (χ4n) is 4.64. The van der Waals surface area contributed by atoms with Crippen molar-refractivity contribution in [2.24, 2.45) is 0 Å². The molecular weight excluding hydrogens is 380 g/mol. The number of rotatable bonds is 3. The lowest BCUT2D eigenvalue weighted by Crippen LogP contribution is -2.48. The highest BCUT2D eigenvalue weighted by Gasteiger charge is 2.42. The van der Waals surface area contributed by atoms with Crippen LogP contribution in [0.3, 0.4) is 0 Å². The van der Waals surface area contributed by atoms with Crippen molar-refractivity contribution in [3.8, 4) is 11.4 Å². The van der Waals surface area contributed by atoms with Crippen molar-refractivity contribution in [1.82, 2.24) is 19.7 Å². The summed E-state index contributed by atoms with van der Waals surface area (Å²) < 4.78 is 13.5. The molecule has 30 heavy (non-hydrogen) atoms. The number of nitrogens with zero attached hydrogens (tertiary/aromatic N) is 4. The molecule has 0 N–H and O–H groups in total. The quantitative estimate of drug-likeness (QED) is 0.671. The van der Waals surface area contributed by atoms with E-state index in [0.29, 0.717) is 25.3 Å². The molecule has 0 saturated carbocycles. The van der Waals surface area contributed by atoms with Crippen molar-refractivity contribution < 1.29 is 14.3 Å². The molecular formula is C23H24N4O3. The molecule has 5 rings (SSSR count). The summed E-state index contributed by atoms with van der Waals surface area (Å²) in [5, 5.41) is 7.73. The number of hydrogen-bond donors (Lipinski definition) is 0. The van der Waals surface area contributed by atoms with Gasteiger partial charge in [0.05, 0.1) is 30.6 Å². The molecule has 1 fully saturated rings. The minimum Gasteiger partial charge on any atom is -0.497 e. The van der Waals surface area contributed by atoms with Crippen LogP contribution in [0.2, 0.25) is 0 Å². The molecule has 2 aliphatic rings. The molecule has 1 aromatic heterocycles. The molecule has 0 aliphatic carbocycles. The van der Waals surface area contributed by atoms with Crippen molar-refractivity contribution in [3.05, 3.63) is 71.8 Å². The molecule has 1 amide bonds. The fraction of sp³-hybridized carbons (Fsp3) is 0.348. The first kappa shape index (κ1) is 18.8. The van der Waals surface area contributed by atoms with Gasteiger partial charge in [-0.25, -0.2) is 0 Å². The molecule has 3 aromatic rings. The summed E-state index contributed by atoms with van der Waals surface area (Å²) in [7, 11) is 1.69. The monoisotopic (exact) mass is 404 g/mol. The van der Waals surface area contributed by atoms with Gasteiger partial charge in [-0.15, -0.1) is 10.2 Å². The second kappa shape index (κ2) is 7.57. The van der Waals surface area contributed by atoms with Gasteiger partial charge in [-0.3, -0.25) is 9.36 Å². The van der Waals surface area contributed by atoms with E-state index in [0.717, 1.165) is 30.7 Å². The Bertz CT molecular complexity index is 1060. The summed E-state index contributed by atoms with van der Waals surface area (Å²) in [6.45, 7) is 2.01. The Morgan fingerprint density at radius 1 is 1.10 bits per heavy atom. The Hall–Kier alpha value is -3.19. The lowest BCUT2D eigenvalue weighted by atomic mass is 9.79. The standard InChI is InChI=1S/C23H24N4O3/c1-29-18-6-7-20-17(14-18)8-13-30-23(20)9-11-26(12-10-23)22(28)19-4-2-3-5-21(19)27-15-24-25-16-27/h2-7,14-16H,8-13H2,1H3. The molecule has 0 bridgehead atoms. The van der Waals surface area contributed by atoms with Crippen LogP contribution >= 0.6 is 0 Å². The first-order chi connectivity index (χ1) is 14.7. The molecule has 0 unspecified atom stereocenters. The number of piperidine rings is 1. The molecule has 7 nitrogen and oxygen atoms in total. The number of benzene rings is 2. The SMILES string of the molecule is COc1ccc2c(c1)CCOC21CCN(C(=O)c2ccccc2-n2cnnc2)CC1. The lowest BCUT2D eigenvalue weighted by Gasteiger charge is -2.45. The average molecular weight is 404 g/mol. The number of ether oxygens (including phenoxy) is 2. The second-order valence-corrected chi connectivity index (χ2v) is 7.79. The highest BCUT2D eigenvalue weighted by atomic mass is 16.5. The van der Waals surface area contributed by atoms with Crippen LogP contribution in [0.4, 0.5) is 0 Å². The van der Waals surface area contributed by atoms with Gasteiger partial charge in [0, 0.05) is 13.1 Å². The van der Waals surface area contributed by atoms with E-state index in [4.69, 9.17) is 9.47 Å². The van der Waals surface area contributed by atoms with E-state index in [1.807, 2.05) is 35.2 Å². The summed E-state index contributed by atoms with van der Waals surface area (Å²) >= 11 is 0. The predicted molar refractivity (Wildman–Crippen MR) is 111 cm³/mol. The number of fused-ring (bicyclic) bond motifs is 2. The average Bonchev–Trinajstić information content (AvgIpc) is 3.34. The number of para-hydroxylation sites is 1. The number of hydrogen-bond acceptors (Lipinski definition) is 5. The van der Waals surface area contributed by atoms with Crippen molar-refractivity contribution in [3.63, 3.8) is 0 Å². The van der Waals surface area contributed by atoms with Gasteiger partial charge in [-0.05, 0) is 54.7 Å². The number of carbonyl (C=O) groups excluding carboxylic acids is 1. The number of amides is 1. The Morgan fingerprint density at radius 2 is 1.87 bits per heavy atom. The molecule has 154 valence electrons. The minimum atomic E-state index is -0.315. The van der Waals surface area contributed by atoms with Gasteiger partial charge in [0.1, 0.15) is 18.4 Å². The maximum Gasteiger partial charge on any atom is 0.255 e. The second-order valence-electron chi connectivity index (χ2n) is 7.79. The maximum atomic E-state index is 13.3. The van der Waals surface area contributed by atoms with E-state index in [-0.39, 0.29) is 11.5 Å². The van der Waals surface area contributed by atoms with Crippen LogP contribution < -0.4 is 4.74 Å². The fourth-order valence-corrected chi connectivity index (χ4v) is 4.64. The van der Waals surface area contributed by atoms with Gasteiger partial charge in [0.15, 0.2) is 0 Å². The van der Waals surface area contributed by atoms with Crippen molar-refractivity contribution in [1.29, 1.82) is 0 Å². The van der Waals surface area contributed by atoms with Gasteiger partial charge >= 0.3 is 0 Å². The van der Waals surface area contributed by atoms with Crippen LogP contribution in [0.15, 0.2) is 55.1 Å². The number of aromatic nitrogens is 3. The van der Waals surface area contributed by atoms with Gasteiger partial charge < -0.3 is 14.4 Å². The van der Waals surface area contributed by atoms with E-state index < -0.39 is 0 Å². The molecule has 1 saturated heterocycles. The summed E-state index contributed by atoms with van der Waals surface area (Å²) in [6, 6.07) is 13.8. The van der Waals surface area contributed by atoms with Gasteiger partial charge in [-0.1, -0.05) is 18.2 Å². The third kappa shape index (κ3) is 3.15. The highest BCUT2D eigenvalue weighted by Crippen LogP contribution is 2.42. The van der Waals surface area contributed by atoms with Gasteiger partial charge in [-0.2, -0.15) is 0 Å². The molecule has 2 aliphatic heterocycles. The molecule has 0 atom stereocenters. The maximum absolute atomic E-state index is 13.3. The summed E-state index contributed by atoms with van der Waals surface area (Å²) in [5.74, 6) is 0.906. The first-order valence-corrected chi connectivity index (χ1v) is 10.2. The van der Waals surface area contributed by atoms with E-state index in [9.17, 15) is 4.79 Å². The zero-order chi connectivity index (χ0) is 20.6. The Balaban J connectivity index is 1.37. The highest BCUT2D eigenvalue weighted by molar-refractivity contribution is 5.97. The molecule has 7 heteroatoms. The Morgan fingerprint density at radius 3 is 2.63 bits per heavy atom. The van der Waals surface area contributed by atoms with Crippen LogP contribution in [-0.2, 0) is 16.8 Å². The number of likely N-dealkylation sites (tertiary alicyclic amines) is 1. The van der Waals surface area contributed by atoms with Crippen LogP contribution in [-0.4, -0.2) is 52.4 Å². The van der Waals surface area contributed by atoms with Crippen LogP contribution in [0.25, 0.3) is 5.69 Å². The number of methoxy groups -OCH3 is 1. The Kier molecular flexibility index (Phi) is 4.75.